The largest absolute Gasteiger partial charge is 0.497 e. The summed E-state index contributed by atoms with van der Waals surface area (Å²) in [5.74, 6) is 0.717. The van der Waals surface area contributed by atoms with Crippen molar-refractivity contribution in [1.29, 1.82) is 5.26 Å². The van der Waals surface area contributed by atoms with Crippen LogP contribution in [0.3, 0.4) is 0 Å². The van der Waals surface area contributed by atoms with Crippen LogP contribution in [0.25, 0.3) is 0 Å². The van der Waals surface area contributed by atoms with E-state index in [4.69, 9.17) is 10.00 Å². The van der Waals surface area contributed by atoms with Crippen LogP contribution in [-0.2, 0) is 10.0 Å². The third-order valence-corrected chi connectivity index (χ3v) is 5.26. The molecular weight excluding hydrogens is 338 g/mol. The van der Waals surface area contributed by atoms with Gasteiger partial charge in [-0.3, -0.25) is 0 Å². The fourth-order valence-corrected chi connectivity index (χ4v) is 3.54. The van der Waals surface area contributed by atoms with Gasteiger partial charge in [-0.05, 0) is 50.0 Å². The van der Waals surface area contributed by atoms with E-state index in [-0.39, 0.29) is 17.5 Å². The SMILES string of the molecule is COc1cccc([C@H](CNS(=O)(=O)c2cccc(C#N)c2)N(C)C)c1. The topological polar surface area (TPSA) is 82.4 Å². The van der Waals surface area contributed by atoms with Crippen molar-refractivity contribution in [1.82, 2.24) is 9.62 Å². The second-order valence-electron chi connectivity index (χ2n) is 5.75. The number of ether oxygens (including phenoxy) is 1. The number of methoxy groups -OCH3 is 1. The van der Waals surface area contributed by atoms with Gasteiger partial charge in [0.05, 0.1) is 23.6 Å². The molecule has 0 unspecified atom stereocenters. The summed E-state index contributed by atoms with van der Waals surface area (Å²) in [6.45, 7) is 0.194. The molecule has 0 spiro atoms. The summed E-state index contributed by atoms with van der Waals surface area (Å²) in [4.78, 5) is 2.01. The monoisotopic (exact) mass is 359 g/mol. The number of hydrogen-bond acceptors (Lipinski definition) is 5. The van der Waals surface area contributed by atoms with Crippen LogP contribution < -0.4 is 9.46 Å². The minimum Gasteiger partial charge on any atom is -0.497 e. The molecule has 0 bridgehead atoms. The van der Waals surface area contributed by atoms with E-state index in [9.17, 15) is 8.42 Å². The Bertz CT molecular complexity index is 873. The summed E-state index contributed by atoms with van der Waals surface area (Å²) < 4.78 is 32.9. The summed E-state index contributed by atoms with van der Waals surface area (Å²) in [5, 5.41) is 8.93. The van der Waals surface area contributed by atoms with Crippen molar-refractivity contribution < 1.29 is 13.2 Å². The van der Waals surface area contributed by atoms with Crippen molar-refractivity contribution >= 4 is 10.0 Å². The minimum atomic E-state index is -3.70. The Morgan fingerprint density at radius 3 is 2.56 bits per heavy atom. The molecule has 2 aromatic rings. The van der Waals surface area contributed by atoms with Gasteiger partial charge in [0.25, 0.3) is 0 Å². The quantitative estimate of drug-likeness (QED) is 0.819. The molecule has 0 amide bonds. The molecule has 0 saturated heterocycles. The number of nitrogens with one attached hydrogen (secondary N) is 1. The van der Waals surface area contributed by atoms with E-state index in [0.29, 0.717) is 11.3 Å². The fourth-order valence-electron chi connectivity index (χ4n) is 2.45. The van der Waals surface area contributed by atoms with Crippen LogP contribution in [0, 0.1) is 11.3 Å². The van der Waals surface area contributed by atoms with Gasteiger partial charge in [-0.15, -0.1) is 0 Å². The van der Waals surface area contributed by atoms with E-state index in [1.54, 1.807) is 19.2 Å². The Balaban J connectivity index is 2.21. The van der Waals surface area contributed by atoms with Gasteiger partial charge in [0, 0.05) is 12.6 Å². The highest BCUT2D eigenvalue weighted by atomic mass is 32.2. The standard InChI is InChI=1S/C18H21N3O3S/c1-21(2)18(15-7-5-8-16(11-15)24-3)13-20-25(22,23)17-9-4-6-14(10-17)12-19/h4-11,18,20H,13H2,1-3H3/t18-/m0/s1. The average Bonchev–Trinajstić information content (AvgIpc) is 2.61. The highest BCUT2D eigenvalue weighted by Crippen LogP contribution is 2.22. The smallest absolute Gasteiger partial charge is 0.240 e. The van der Waals surface area contributed by atoms with E-state index in [0.717, 1.165) is 5.56 Å². The van der Waals surface area contributed by atoms with Gasteiger partial charge < -0.3 is 9.64 Å². The zero-order valence-corrected chi connectivity index (χ0v) is 15.2. The average molecular weight is 359 g/mol. The van der Waals surface area contributed by atoms with Crippen molar-refractivity contribution in [3.8, 4) is 11.8 Å². The van der Waals surface area contributed by atoms with Gasteiger partial charge in [-0.2, -0.15) is 5.26 Å². The number of nitrogens with zero attached hydrogens (tertiary/aromatic N) is 2. The molecule has 2 aromatic carbocycles. The lowest BCUT2D eigenvalue weighted by Gasteiger charge is -2.25. The predicted octanol–water partition coefficient (Wildman–Crippen LogP) is 2.15. The van der Waals surface area contributed by atoms with Crippen LogP contribution in [0.5, 0.6) is 5.75 Å². The van der Waals surface area contributed by atoms with Gasteiger partial charge in [-0.1, -0.05) is 18.2 Å². The van der Waals surface area contributed by atoms with E-state index in [1.807, 2.05) is 49.3 Å². The summed E-state index contributed by atoms with van der Waals surface area (Å²) in [6, 6.07) is 15.3. The molecule has 0 aliphatic heterocycles. The zero-order chi connectivity index (χ0) is 18.4. The van der Waals surface area contributed by atoms with Gasteiger partial charge in [0.1, 0.15) is 5.75 Å². The van der Waals surface area contributed by atoms with Gasteiger partial charge >= 0.3 is 0 Å². The first-order valence-corrected chi connectivity index (χ1v) is 9.16. The number of nitriles is 1. The second kappa shape index (κ2) is 8.12. The summed E-state index contributed by atoms with van der Waals surface area (Å²) in [5.41, 5.74) is 1.25. The fraction of sp³-hybridized carbons (Fsp3) is 0.278. The molecule has 6 nitrogen and oxygen atoms in total. The first-order chi connectivity index (χ1) is 11.9. The molecule has 1 N–H and O–H groups in total. The Hall–Kier alpha value is -2.40. The number of benzene rings is 2. The van der Waals surface area contributed by atoms with Crippen molar-refractivity contribution in [2.24, 2.45) is 0 Å². The highest BCUT2D eigenvalue weighted by molar-refractivity contribution is 7.89. The molecule has 2 rings (SSSR count). The predicted molar refractivity (Wildman–Crippen MR) is 95.8 cm³/mol. The van der Waals surface area contributed by atoms with Crippen molar-refractivity contribution in [2.45, 2.75) is 10.9 Å². The van der Waals surface area contributed by atoms with E-state index >= 15 is 0 Å². The van der Waals surface area contributed by atoms with Crippen molar-refractivity contribution in [2.75, 3.05) is 27.7 Å². The molecule has 132 valence electrons. The van der Waals surface area contributed by atoms with E-state index < -0.39 is 10.0 Å². The third kappa shape index (κ3) is 4.79. The lowest BCUT2D eigenvalue weighted by molar-refractivity contribution is 0.298. The highest BCUT2D eigenvalue weighted by Gasteiger charge is 2.20. The Morgan fingerprint density at radius 2 is 1.92 bits per heavy atom. The van der Waals surface area contributed by atoms with Crippen LogP contribution in [0.2, 0.25) is 0 Å². The molecule has 0 aromatic heterocycles. The normalized spacial score (nSPS) is 12.6. The maximum absolute atomic E-state index is 12.5. The van der Waals surface area contributed by atoms with Gasteiger partial charge in [-0.25, -0.2) is 13.1 Å². The summed E-state index contributed by atoms with van der Waals surface area (Å²) in [6.07, 6.45) is 0. The Kier molecular flexibility index (Phi) is 6.15. The molecular formula is C18H21N3O3S. The third-order valence-electron chi connectivity index (χ3n) is 3.84. The second-order valence-corrected chi connectivity index (χ2v) is 7.51. The van der Waals surface area contributed by atoms with Crippen molar-refractivity contribution in [3.63, 3.8) is 0 Å². The Labute approximate surface area is 148 Å². The maximum Gasteiger partial charge on any atom is 0.240 e. The van der Waals surface area contributed by atoms with Crippen molar-refractivity contribution in [3.05, 3.63) is 59.7 Å². The van der Waals surface area contributed by atoms with Gasteiger partial charge in [0.2, 0.25) is 10.0 Å². The first-order valence-electron chi connectivity index (χ1n) is 7.67. The first kappa shape index (κ1) is 18.9. The summed E-state index contributed by atoms with van der Waals surface area (Å²) >= 11 is 0. The molecule has 0 saturated carbocycles. The van der Waals surface area contributed by atoms with Crippen LogP contribution in [-0.4, -0.2) is 41.1 Å². The molecule has 7 heteroatoms. The summed E-state index contributed by atoms with van der Waals surface area (Å²) in [7, 11) is 1.66. The number of hydrogen-bond donors (Lipinski definition) is 1. The molecule has 1 atom stereocenters. The number of sulfonamides is 1. The van der Waals surface area contributed by atoms with Crippen LogP contribution >= 0.6 is 0 Å². The molecule has 0 heterocycles. The molecule has 0 radical (unpaired) electrons. The van der Waals surface area contributed by atoms with E-state index in [2.05, 4.69) is 4.72 Å². The van der Waals surface area contributed by atoms with E-state index in [1.165, 1.54) is 12.1 Å². The molecule has 0 aliphatic rings. The maximum atomic E-state index is 12.5. The molecule has 0 fully saturated rings. The minimum absolute atomic E-state index is 0.0784. The zero-order valence-electron chi connectivity index (χ0n) is 14.4. The van der Waals surface area contributed by atoms with Gasteiger partial charge in [0.15, 0.2) is 0 Å². The lowest BCUT2D eigenvalue weighted by Crippen LogP contribution is -2.34. The lowest BCUT2D eigenvalue weighted by atomic mass is 10.1. The molecule has 25 heavy (non-hydrogen) atoms. The number of likely N-dealkylation sites (N-methyl/N-ethyl adjacent to an activating group) is 1. The van der Waals surface area contributed by atoms with Crippen LogP contribution in [0.4, 0.5) is 0 Å². The van der Waals surface area contributed by atoms with Crippen LogP contribution in [0.1, 0.15) is 17.2 Å². The molecule has 0 aliphatic carbocycles. The van der Waals surface area contributed by atoms with Crippen LogP contribution in [0.15, 0.2) is 53.4 Å². The Morgan fingerprint density at radius 1 is 1.20 bits per heavy atom. The number of rotatable bonds is 7.